The Morgan fingerprint density at radius 1 is 1.39 bits per heavy atom. The summed E-state index contributed by atoms with van der Waals surface area (Å²) in [6, 6.07) is 3.41. The van der Waals surface area contributed by atoms with Crippen LogP contribution in [0.4, 0.5) is 8.78 Å². The molecule has 0 spiro atoms. The number of nitrogens with zero attached hydrogens (tertiary/aromatic N) is 3. The fourth-order valence-electron chi connectivity index (χ4n) is 1.81. The zero-order chi connectivity index (χ0) is 13.2. The number of aromatic nitrogens is 3. The summed E-state index contributed by atoms with van der Waals surface area (Å²) in [5, 5.41) is 3.95. The van der Waals surface area contributed by atoms with E-state index in [1.165, 1.54) is 29.5 Å². The molecule has 0 N–H and O–H groups in total. The fraction of sp³-hybridized carbons (Fsp3) is 0.333. The van der Waals surface area contributed by atoms with E-state index >= 15 is 0 Å². The first-order valence-corrected chi connectivity index (χ1v) is 5.90. The third-order valence-electron chi connectivity index (χ3n) is 2.85. The predicted molar refractivity (Wildman–Crippen MR) is 64.2 cm³/mol. The van der Waals surface area contributed by atoms with Crippen LogP contribution in [0.25, 0.3) is 0 Å². The van der Waals surface area contributed by atoms with Crippen molar-refractivity contribution >= 4 is 11.6 Å². The molecule has 1 atom stereocenters. The Balaban J connectivity index is 2.36. The highest BCUT2D eigenvalue weighted by Gasteiger charge is 2.31. The SMILES string of the molecule is CCC(Cl)(Cn1cncn1)c1ccc(F)cc1F. The van der Waals surface area contributed by atoms with Crippen molar-refractivity contribution in [2.45, 2.75) is 24.8 Å². The van der Waals surface area contributed by atoms with Gasteiger partial charge in [0, 0.05) is 11.6 Å². The molecule has 0 aliphatic heterocycles. The van der Waals surface area contributed by atoms with Gasteiger partial charge in [-0.25, -0.2) is 13.8 Å². The van der Waals surface area contributed by atoms with Crippen molar-refractivity contribution in [2.75, 3.05) is 0 Å². The van der Waals surface area contributed by atoms with Gasteiger partial charge in [-0.2, -0.15) is 5.10 Å². The lowest BCUT2D eigenvalue weighted by Crippen LogP contribution is -2.26. The molecule has 1 heterocycles. The van der Waals surface area contributed by atoms with Crippen LogP contribution in [-0.4, -0.2) is 14.8 Å². The monoisotopic (exact) mass is 271 g/mol. The minimum absolute atomic E-state index is 0.267. The Hall–Kier alpha value is -1.49. The van der Waals surface area contributed by atoms with Crippen molar-refractivity contribution in [1.82, 2.24) is 14.8 Å². The highest BCUT2D eigenvalue weighted by atomic mass is 35.5. The minimum atomic E-state index is -0.967. The average Bonchev–Trinajstić information content (AvgIpc) is 2.81. The van der Waals surface area contributed by atoms with E-state index in [0.717, 1.165) is 6.07 Å². The maximum Gasteiger partial charge on any atom is 0.137 e. The topological polar surface area (TPSA) is 30.7 Å². The van der Waals surface area contributed by atoms with Crippen molar-refractivity contribution < 1.29 is 8.78 Å². The molecule has 1 unspecified atom stereocenters. The summed E-state index contributed by atoms with van der Waals surface area (Å²) in [5.41, 5.74) is 0.267. The fourth-order valence-corrected chi connectivity index (χ4v) is 2.09. The Labute approximate surface area is 108 Å². The molecule has 0 aliphatic carbocycles. The van der Waals surface area contributed by atoms with Gasteiger partial charge in [0.05, 0.1) is 11.4 Å². The van der Waals surface area contributed by atoms with E-state index in [1.54, 1.807) is 0 Å². The summed E-state index contributed by atoms with van der Waals surface area (Å²) in [7, 11) is 0. The maximum atomic E-state index is 13.8. The summed E-state index contributed by atoms with van der Waals surface area (Å²) < 4.78 is 28.2. The lowest BCUT2D eigenvalue weighted by atomic mass is 9.94. The Morgan fingerprint density at radius 3 is 2.72 bits per heavy atom. The molecule has 2 aromatic rings. The first kappa shape index (κ1) is 13.0. The van der Waals surface area contributed by atoms with Crippen molar-refractivity contribution in [2.24, 2.45) is 0 Å². The molecule has 1 aromatic carbocycles. The Morgan fingerprint density at radius 2 is 2.17 bits per heavy atom. The van der Waals surface area contributed by atoms with E-state index in [4.69, 9.17) is 11.6 Å². The van der Waals surface area contributed by atoms with Gasteiger partial charge in [-0.3, -0.25) is 4.68 Å². The molecule has 6 heteroatoms. The molecule has 0 radical (unpaired) electrons. The van der Waals surface area contributed by atoms with E-state index in [-0.39, 0.29) is 12.1 Å². The van der Waals surface area contributed by atoms with Gasteiger partial charge in [0.15, 0.2) is 0 Å². The third kappa shape index (κ3) is 2.51. The molecule has 0 aliphatic rings. The number of benzene rings is 1. The maximum absolute atomic E-state index is 13.8. The molecule has 2 rings (SSSR count). The van der Waals surface area contributed by atoms with E-state index in [9.17, 15) is 8.78 Å². The van der Waals surface area contributed by atoms with Gasteiger partial charge >= 0.3 is 0 Å². The van der Waals surface area contributed by atoms with Crippen molar-refractivity contribution in [3.63, 3.8) is 0 Å². The normalized spacial score (nSPS) is 14.4. The third-order valence-corrected chi connectivity index (χ3v) is 3.44. The average molecular weight is 272 g/mol. The Kier molecular flexibility index (Phi) is 3.61. The van der Waals surface area contributed by atoms with Gasteiger partial charge in [-0.15, -0.1) is 11.6 Å². The standard InChI is InChI=1S/C12H12ClF2N3/c1-2-12(13,6-18-8-16-7-17-18)10-4-3-9(14)5-11(10)15/h3-5,7-8H,2,6H2,1H3. The lowest BCUT2D eigenvalue weighted by molar-refractivity contribution is 0.432. The van der Waals surface area contributed by atoms with Gasteiger partial charge in [0.25, 0.3) is 0 Å². The van der Waals surface area contributed by atoms with E-state index < -0.39 is 16.5 Å². The van der Waals surface area contributed by atoms with Crippen LogP contribution in [0, 0.1) is 11.6 Å². The van der Waals surface area contributed by atoms with E-state index in [1.807, 2.05) is 6.92 Å². The second-order valence-corrected chi connectivity index (χ2v) is 4.76. The predicted octanol–water partition coefficient (Wildman–Crippen LogP) is 3.10. The first-order chi connectivity index (χ1) is 8.55. The van der Waals surface area contributed by atoms with Crippen LogP contribution in [-0.2, 0) is 11.4 Å². The van der Waals surface area contributed by atoms with Crippen LogP contribution in [0.2, 0.25) is 0 Å². The number of halogens is 3. The van der Waals surface area contributed by atoms with Gasteiger partial charge in [-0.1, -0.05) is 13.0 Å². The summed E-state index contributed by atoms with van der Waals surface area (Å²) in [5.74, 6) is -1.26. The van der Waals surface area contributed by atoms with Crippen molar-refractivity contribution in [1.29, 1.82) is 0 Å². The molecule has 0 saturated heterocycles. The van der Waals surface area contributed by atoms with Crippen LogP contribution in [0.5, 0.6) is 0 Å². The van der Waals surface area contributed by atoms with Gasteiger partial charge in [0.1, 0.15) is 24.3 Å². The van der Waals surface area contributed by atoms with Crippen LogP contribution in [0.1, 0.15) is 18.9 Å². The molecule has 0 bridgehead atoms. The van der Waals surface area contributed by atoms with Crippen LogP contribution in [0.15, 0.2) is 30.9 Å². The van der Waals surface area contributed by atoms with Gasteiger partial charge in [0.2, 0.25) is 0 Å². The van der Waals surface area contributed by atoms with Crippen LogP contribution < -0.4 is 0 Å². The van der Waals surface area contributed by atoms with Gasteiger partial charge in [-0.05, 0) is 12.5 Å². The smallest absolute Gasteiger partial charge is 0.137 e. The second kappa shape index (κ2) is 5.02. The molecular weight excluding hydrogens is 260 g/mol. The summed E-state index contributed by atoms with van der Waals surface area (Å²) in [6.07, 6.45) is 3.37. The number of alkyl halides is 1. The molecule has 18 heavy (non-hydrogen) atoms. The molecule has 0 fully saturated rings. The number of hydrogen-bond donors (Lipinski definition) is 0. The van der Waals surface area contributed by atoms with Crippen LogP contribution >= 0.6 is 11.6 Å². The molecule has 0 amide bonds. The van der Waals surface area contributed by atoms with Crippen molar-refractivity contribution in [3.05, 3.63) is 48.1 Å². The first-order valence-electron chi connectivity index (χ1n) is 5.52. The van der Waals surface area contributed by atoms with E-state index in [0.29, 0.717) is 6.42 Å². The summed E-state index contributed by atoms with van der Waals surface area (Å²) in [6.45, 7) is 2.11. The highest BCUT2D eigenvalue weighted by molar-refractivity contribution is 6.24. The van der Waals surface area contributed by atoms with Gasteiger partial charge < -0.3 is 0 Å². The molecule has 1 aromatic heterocycles. The highest BCUT2D eigenvalue weighted by Crippen LogP contribution is 2.36. The molecular formula is C12H12ClF2N3. The number of hydrogen-bond acceptors (Lipinski definition) is 2. The molecule has 96 valence electrons. The lowest BCUT2D eigenvalue weighted by Gasteiger charge is -2.26. The zero-order valence-corrected chi connectivity index (χ0v) is 10.5. The minimum Gasteiger partial charge on any atom is -0.251 e. The zero-order valence-electron chi connectivity index (χ0n) is 9.78. The summed E-state index contributed by atoms with van der Waals surface area (Å²) in [4.78, 5) is 2.84. The van der Waals surface area contributed by atoms with Crippen LogP contribution in [0.3, 0.4) is 0 Å². The van der Waals surface area contributed by atoms with E-state index in [2.05, 4.69) is 10.1 Å². The molecule has 0 saturated carbocycles. The van der Waals surface area contributed by atoms with Crippen molar-refractivity contribution in [3.8, 4) is 0 Å². The second-order valence-electron chi connectivity index (χ2n) is 4.04. The Bertz CT molecular complexity index is 530. The summed E-state index contributed by atoms with van der Waals surface area (Å²) >= 11 is 6.45. The molecule has 3 nitrogen and oxygen atoms in total. The number of rotatable bonds is 4. The quantitative estimate of drug-likeness (QED) is 0.800. The largest absolute Gasteiger partial charge is 0.251 e.